The lowest BCUT2D eigenvalue weighted by Crippen LogP contribution is -2.21. The van der Waals surface area contributed by atoms with Crippen LogP contribution in [0.15, 0.2) is 24.3 Å². The summed E-state index contributed by atoms with van der Waals surface area (Å²) in [6, 6.07) is 2.45. The van der Waals surface area contributed by atoms with Gasteiger partial charge in [0.05, 0.1) is 0 Å². The number of benzene rings is 1. The van der Waals surface area contributed by atoms with E-state index in [2.05, 4.69) is 6.92 Å². The minimum absolute atomic E-state index is 0.0185. The highest BCUT2D eigenvalue weighted by Gasteiger charge is 2.38. The SMILES string of the molecule is CCC[C@@H]1C[C@H]2C[C@@H]2CC/C=C/C(=O)Cc2cc(O)cc(O)c2C(=O)O1. The average molecular weight is 358 g/mol. The zero-order valence-electron chi connectivity index (χ0n) is 15.1. The van der Waals surface area contributed by atoms with Crippen LogP contribution in [0.25, 0.3) is 0 Å². The minimum atomic E-state index is -0.623. The zero-order chi connectivity index (χ0) is 18.7. The van der Waals surface area contributed by atoms with Crippen LogP contribution in [0, 0.1) is 11.8 Å². The van der Waals surface area contributed by atoms with Crippen molar-refractivity contribution in [2.24, 2.45) is 11.8 Å². The summed E-state index contributed by atoms with van der Waals surface area (Å²) in [7, 11) is 0. The van der Waals surface area contributed by atoms with Gasteiger partial charge in [0.25, 0.3) is 0 Å². The molecule has 5 nitrogen and oxygen atoms in total. The number of aromatic hydroxyl groups is 2. The van der Waals surface area contributed by atoms with E-state index in [4.69, 9.17) is 4.74 Å². The van der Waals surface area contributed by atoms with Crippen molar-refractivity contribution in [2.75, 3.05) is 0 Å². The Hall–Kier alpha value is -2.30. The molecule has 5 heteroatoms. The zero-order valence-corrected chi connectivity index (χ0v) is 15.1. The van der Waals surface area contributed by atoms with Gasteiger partial charge in [-0.3, -0.25) is 4.79 Å². The summed E-state index contributed by atoms with van der Waals surface area (Å²) in [5.41, 5.74) is 0.272. The Kier molecular flexibility index (Phi) is 5.64. The Balaban J connectivity index is 1.92. The van der Waals surface area contributed by atoms with Crippen LogP contribution in [0.2, 0.25) is 0 Å². The minimum Gasteiger partial charge on any atom is -0.508 e. The van der Waals surface area contributed by atoms with E-state index in [1.807, 2.05) is 6.08 Å². The van der Waals surface area contributed by atoms with E-state index < -0.39 is 5.97 Å². The number of phenolic OH excluding ortho intramolecular Hbond substituents is 2. The van der Waals surface area contributed by atoms with Crippen molar-refractivity contribution in [1.82, 2.24) is 0 Å². The molecule has 0 amide bonds. The normalized spacial score (nSPS) is 27.7. The molecule has 1 aliphatic carbocycles. The van der Waals surface area contributed by atoms with Crippen LogP contribution >= 0.6 is 0 Å². The van der Waals surface area contributed by atoms with Gasteiger partial charge in [-0.05, 0) is 61.6 Å². The van der Waals surface area contributed by atoms with Gasteiger partial charge in [-0.2, -0.15) is 0 Å². The summed E-state index contributed by atoms with van der Waals surface area (Å²) >= 11 is 0. The molecule has 1 aromatic carbocycles. The Labute approximate surface area is 153 Å². The Morgan fingerprint density at radius 1 is 1.15 bits per heavy atom. The number of hydrogen-bond donors (Lipinski definition) is 2. The van der Waals surface area contributed by atoms with Gasteiger partial charge in [0, 0.05) is 12.5 Å². The fourth-order valence-electron chi connectivity index (χ4n) is 3.86. The maximum Gasteiger partial charge on any atom is 0.342 e. The lowest BCUT2D eigenvalue weighted by Gasteiger charge is -2.19. The van der Waals surface area contributed by atoms with Crippen molar-refractivity contribution in [1.29, 1.82) is 0 Å². The number of ketones is 1. The molecule has 26 heavy (non-hydrogen) atoms. The van der Waals surface area contributed by atoms with E-state index in [1.165, 1.54) is 12.1 Å². The Bertz CT molecular complexity index is 721. The van der Waals surface area contributed by atoms with Crippen LogP contribution in [0.4, 0.5) is 0 Å². The van der Waals surface area contributed by atoms with Gasteiger partial charge in [0.2, 0.25) is 0 Å². The second kappa shape index (κ2) is 7.94. The molecular formula is C21H26O5. The first-order valence-corrected chi connectivity index (χ1v) is 9.43. The van der Waals surface area contributed by atoms with Crippen LogP contribution in [-0.4, -0.2) is 28.1 Å². The summed E-state index contributed by atoms with van der Waals surface area (Å²) in [4.78, 5) is 24.9. The molecule has 2 N–H and O–H groups in total. The number of rotatable bonds is 2. The Morgan fingerprint density at radius 3 is 2.73 bits per heavy atom. The molecule has 1 aromatic rings. The van der Waals surface area contributed by atoms with E-state index in [-0.39, 0.29) is 35.4 Å². The summed E-state index contributed by atoms with van der Waals surface area (Å²) in [6.07, 6.45) is 8.77. The predicted molar refractivity (Wildman–Crippen MR) is 97.2 cm³/mol. The van der Waals surface area contributed by atoms with Crippen molar-refractivity contribution in [2.45, 2.75) is 58.0 Å². The van der Waals surface area contributed by atoms with Gasteiger partial charge in [0.1, 0.15) is 23.2 Å². The summed E-state index contributed by atoms with van der Waals surface area (Å²) < 4.78 is 5.71. The maximum atomic E-state index is 12.7. The molecule has 0 unspecified atom stereocenters. The first-order chi connectivity index (χ1) is 12.5. The highest BCUT2D eigenvalue weighted by atomic mass is 16.5. The molecule has 0 spiro atoms. The molecule has 3 atom stereocenters. The first kappa shape index (κ1) is 18.5. The van der Waals surface area contributed by atoms with Crippen molar-refractivity contribution in [3.8, 4) is 11.5 Å². The van der Waals surface area contributed by atoms with Gasteiger partial charge in [0.15, 0.2) is 5.78 Å². The lowest BCUT2D eigenvalue weighted by atomic mass is 9.99. The number of allylic oxidation sites excluding steroid dienone is 2. The number of phenols is 2. The summed E-state index contributed by atoms with van der Waals surface area (Å²) in [6.45, 7) is 2.05. The second-order valence-electron chi connectivity index (χ2n) is 7.43. The fraction of sp³-hybridized carbons (Fsp3) is 0.524. The third-order valence-corrected chi connectivity index (χ3v) is 5.28. The van der Waals surface area contributed by atoms with Crippen molar-refractivity contribution in [3.05, 3.63) is 35.4 Å². The molecule has 1 fully saturated rings. The monoisotopic (exact) mass is 358 g/mol. The fourth-order valence-corrected chi connectivity index (χ4v) is 3.86. The number of carbonyl (C=O) groups is 2. The topological polar surface area (TPSA) is 83.8 Å². The third-order valence-electron chi connectivity index (χ3n) is 5.28. The molecule has 0 aromatic heterocycles. The van der Waals surface area contributed by atoms with Gasteiger partial charge >= 0.3 is 5.97 Å². The Morgan fingerprint density at radius 2 is 1.96 bits per heavy atom. The summed E-state index contributed by atoms with van der Waals surface area (Å²) in [5, 5.41) is 19.9. The largest absolute Gasteiger partial charge is 0.508 e. The number of cyclic esters (lactones) is 1. The van der Waals surface area contributed by atoms with Crippen molar-refractivity contribution < 1.29 is 24.5 Å². The molecule has 1 heterocycles. The standard InChI is InChI=1S/C21H26O5/c1-2-5-18-11-14-8-13(14)6-3-4-7-16(22)9-15-10-17(23)12-19(24)20(15)21(25)26-18/h4,7,10,12-14,18,23-24H,2-3,5-6,8-9,11H2,1H3/b7-4+/t13-,14+,18+/m0/s1. The van der Waals surface area contributed by atoms with Crippen LogP contribution < -0.4 is 0 Å². The second-order valence-corrected chi connectivity index (χ2v) is 7.43. The van der Waals surface area contributed by atoms with E-state index in [0.29, 0.717) is 17.4 Å². The number of fused-ring (bicyclic) bond motifs is 2. The average Bonchev–Trinajstić information content (AvgIpc) is 3.28. The molecule has 1 saturated carbocycles. The lowest BCUT2D eigenvalue weighted by molar-refractivity contribution is -0.114. The number of carbonyl (C=O) groups excluding carboxylic acids is 2. The van der Waals surface area contributed by atoms with Crippen LogP contribution in [0.1, 0.15) is 61.4 Å². The van der Waals surface area contributed by atoms with Crippen LogP contribution in [0.5, 0.6) is 11.5 Å². The van der Waals surface area contributed by atoms with Gasteiger partial charge in [-0.25, -0.2) is 4.79 Å². The molecule has 0 saturated heterocycles. The molecule has 1 aliphatic heterocycles. The van der Waals surface area contributed by atoms with Crippen LogP contribution in [-0.2, 0) is 16.0 Å². The number of ether oxygens (including phenoxy) is 1. The smallest absolute Gasteiger partial charge is 0.342 e. The molecule has 140 valence electrons. The van der Waals surface area contributed by atoms with Crippen LogP contribution in [0.3, 0.4) is 0 Å². The van der Waals surface area contributed by atoms with Gasteiger partial charge < -0.3 is 14.9 Å². The highest BCUT2D eigenvalue weighted by Crippen LogP contribution is 2.46. The van der Waals surface area contributed by atoms with Gasteiger partial charge in [-0.1, -0.05) is 19.4 Å². The van der Waals surface area contributed by atoms with E-state index in [0.717, 1.165) is 44.6 Å². The number of hydrogen-bond acceptors (Lipinski definition) is 5. The quantitative estimate of drug-likeness (QED) is 0.783. The number of esters is 1. The van der Waals surface area contributed by atoms with E-state index >= 15 is 0 Å². The maximum absolute atomic E-state index is 12.7. The van der Waals surface area contributed by atoms with E-state index in [1.54, 1.807) is 0 Å². The molecule has 2 aliphatic rings. The van der Waals surface area contributed by atoms with Gasteiger partial charge in [-0.15, -0.1) is 0 Å². The molecular weight excluding hydrogens is 332 g/mol. The molecule has 0 radical (unpaired) electrons. The molecule has 0 bridgehead atoms. The van der Waals surface area contributed by atoms with Crippen molar-refractivity contribution >= 4 is 11.8 Å². The summed E-state index contributed by atoms with van der Waals surface area (Å²) in [5.74, 6) is -0.112. The molecule has 3 rings (SSSR count). The van der Waals surface area contributed by atoms with Crippen molar-refractivity contribution in [3.63, 3.8) is 0 Å². The van der Waals surface area contributed by atoms with E-state index in [9.17, 15) is 19.8 Å². The predicted octanol–water partition coefficient (Wildman–Crippen LogP) is 3.91. The third kappa shape index (κ3) is 4.45. The highest BCUT2D eigenvalue weighted by molar-refractivity contribution is 5.98. The first-order valence-electron chi connectivity index (χ1n) is 9.43.